The van der Waals surface area contributed by atoms with Gasteiger partial charge in [-0.1, -0.05) is 18.2 Å². The van der Waals surface area contributed by atoms with Gasteiger partial charge in [-0.15, -0.1) is 11.8 Å². The molecule has 1 saturated heterocycles. The molecule has 0 aromatic heterocycles. The van der Waals surface area contributed by atoms with Gasteiger partial charge in [0.25, 0.3) is 0 Å². The van der Waals surface area contributed by atoms with Crippen molar-refractivity contribution in [2.75, 3.05) is 17.0 Å². The van der Waals surface area contributed by atoms with Gasteiger partial charge >= 0.3 is 15.5 Å². The number of alkyl halides is 3. The van der Waals surface area contributed by atoms with Crippen molar-refractivity contribution in [3.8, 4) is 0 Å². The lowest BCUT2D eigenvalue weighted by molar-refractivity contribution is -0.127. The number of halogens is 3. The van der Waals surface area contributed by atoms with E-state index in [-0.39, 0.29) is 23.4 Å². The van der Waals surface area contributed by atoms with Gasteiger partial charge in [0.1, 0.15) is 0 Å². The highest BCUT2D eigenvalue weighted by Gasteiger charge is 2.46. The number of nitrogens with one attached hydrogen (secondary N) is 1. The lowest BCUT2D eigenvalue weighted by Gasteiger charge is -2.20. The molecule has 10 heteroatoms. The van der Waals surface area contributed by atoms with Crippen LogP contribution in [0, 0.1) is 5.92 Å². The van der Waals surface area contributed by atoms with Crippen LogP contribution in [0.2, 0.25) is 0 Å². The number of amides is 1. The molecular formula is C16H19F3N2O3S2. The van der Waals surface area contributed by atoms with Crippen LogP contribution in [0.25, 0.3) is 0 Å². The van der Waals surface area contributed by atoms with Gasteiger partial charge in [0.15, 0.2) is 0 Å². The number of likely N-dealkylation sites (tertiary alicyclic amines) is 1. The van der Waals surface area contributed by atoms with Gasteiger partial charge in [-0.05, 0) is 42.6 Å². The molecule has 26 heavy (non-hydrogen) atoms. The van der Waals surface area contributed by atoms with Crippen molar-refractivity contribution in [3.05, 3.63) is 29.8 Å². The van der Waals surface area contributed by atoms with E-state index in [0.717, 1.165) is 5.75 Å². The third kappa shape index (κ3) is 4.46. The van der Waals surface area contributed by atoms with E-state index in [1.807, 2.05) is 0 Å². The number of thioether (sulfide) groups is 1. The van der Waals surface area contributed by atoms with Crippen LogP contribution in [0.1, 0.15) is 24.8 Å². The summed E-state index contributed by atoms with van der Waals surface area (Å²) in [6.07, 6.45) is 3.13. The Hall–Kier alpha value is -1.42. The fourth-order valence-electron chi connectivity index (χ4n) is 2.72. The Morgan fingerprint density at radius 2 is 1.88 bits per heavy atom. The topological polar surface area (TPSA) is 66.5 Å². The van der Waals surface area contributed by atoms with Crippen LogP contribution in [0.15, 0.2) is 24.3 Å². The molecule has 1 unspecified atom stereocenters. The van der Waals surface area contributed by atoms with Gasteiger partial charge in [0, 0.05) is 13.1 Å². The Morgan fingerprint density at radius 3 is 2.54 bits per heavy atom. The monoisotopic (exact) mass is 408 g/mol. The maximum Gasteiger partial charge on any atom is 0.516 e. The van der Waals surface area contributed by atoms with Gasteiger partial charge in [-0.3, -0.25) is 9.52 Å². The minimum Gasteiger partial charge on any atom is -0.337 e. The van der Waals surface area contributed by atoms with Crippen LogP contribution in [0.3, 0.4) is 0 Å². The predicted octanol–water partition coefficient (Wildman–Crippen LogP) is 3.19. The van der Waals surface area contributed by atoms with Gasteiger partial charge in [0.2, 0.25) is 5.91 Å². The third-order valence-corrected chi connectivity index (χ3v) is 7.01. The first kappa shape index (κ1) is 19.3. The van der Waals surface area contributed by atoms with Crippen LogP contribution in [-0.2, 0) is 21.4 Å². The van der Waals surface area contributed by atoms with Crippen LogP contribution < -0.4 is 4.72 Å². The molecule has 2 fully saturated rings. The van der Waals surface area contributed by atoms with E-state index >= 15 is 0 Å². The fraction of sp³-hybridized carbons (Fsp3) is 0.562. The van der Waals surface area contributed by atoms with Crippen LogP contribution >= 0.6 is 11.8 Å². The zero-order chi connectivity index (χ0) is 18.9. The zero-order valence-electron chi connectivity index (χ0n) is 13.8. The average Bonchev–Trinajstić information content (AvgIpc) is 3.32. The molecule has 1 N–H and O–H groups in total. The van der Waals surface area contributed by atoms with Crippen molar-refractivity contribution in [3.63, 3.8) is 0 Å². The van der Waals surface area contributed by atoms with E-state index in [9.17, 15) is 26.4 Å². The molecule has 0 spiro atoms. The lowest BCUT2D eigenvalue weighted by atomic mass is 10.2. The molecule has 1 aromatic carbocycles. The smallest absolute Gasteiger partial charge is 0.337 e. The second-order valence-corrected chi connectivity index (χ2v) is 9.43. The molecule has 3 rings (SSSR count). The van der Waals surface area contributed by atoms with Crippen LogP contribution in [-0.4, -0.2) is 42.3 Å². The van der Waals surface area contributed by atoms with E-state index in [1.165, 1.54) is 31.0 Å². The van der Waals surface area contributed by atoms with E-state index in [0.29, 0.717) is 24.4 Å². The molecular weight excluding hydrogens is 389 g/mol. The van der Waals surface area contributed by atoms with Crippen molar-refractivity contribution < 1.29 is 26.4 Å². The highest BCUT2D eigenvalue weighted by Crippen LogP contribution is 2.36. The zero-order valence-corrected chi connectivity index (χ0v) is 15.5. The molecule has 2 aliphatic rings. The van der Waals surface area contributed by atoms with Crippen molar-refractivity contribution >= 4 is 33.4 Å². The van der Waals surface area contributed by atoms with E-state index in [2.05, 4.69) is 0 Å². The van der Waals surface area contributed by atoms with Gasteiger partial charge in [-0.25, -0.2) is 0 Å². The molecule has 1 aliphatic heterocycles. The summed E-state index contributed by atoms with van der Waals surface area (Å²) in [4.78, 5) is 14.1. The highest BCUT2D eigenvalue weighted by molar-refractivity contribution is 8.00. The van der Waals surface area contributed by atoms with Gasteiger partial charge < -0.3 is 4.90 Å². The quantitative estimate of drug-likeness (QED) is 0.753. The number of para-hydroxylation sites is 1. The van der Waals surface area contributed by atoms with Crippen LogP contribution in [0.4, 0.5) is 18.9 Å². The molecule has 0 bridgehead atoms. The first-order valence-corrected chi connectivity index (χ1v) is 10.8. The summed E-state index contributed by atoms with van der Waals surface area (Å²) in [5, 5.41) is -0.116. The summed E-state index contributed by atoms with van der Waals surface area (Å²) in [5.41, 5.74) is -5.22. The Bertz CT molecular complexity index is 779. The van der Waals surface area contributed by atoms with Crippen LogP contribution in [0.5, 0.6) is 0 Å². The summed E-state index contributed by atoms with van der Waals surface area (Å²) in [6, 6.07) is 5.82. The maximum absolute atomic E-state index is 12.6. The summed E-state index contributed by atoms with van der Waals surface area (Å²) >= 11 is 1.64. The number of hydrogen-bond acceptors (Lipinski definition) is 4. The van der Waals surface area contributed by atoms with E-state index in [1.54, 1.807) is 27.5 Å². The molecule has 0 radical (unpaired) electrons. The molecule has 1 atom stereocenters. The van der Waals surface area contributed by atoms with Gasteiger partial charge in [0.05, 0.1) is 10.9 Å². The Kier molecular flexibility index (Phi) is 5.43. The first-order chi connectivity index (χ1) is 12.2. The Labute approximate surface area is 154 Å². The van der Waals surface area contributed by atoms with E-state index in [4.69, 9.17) is 0 Å². The number of rotatable bonds is 7. The predicted molar refractivity (Wildman–Crippen MR) is 94.0 cm³/mol. The average molecular weight is 408 g/mol. The number of benzene rings is 1. The number of anilines is 1. The number of carbonyl (C=O) groups excluding carboxylic acids is 1. The normalized spacial score (nSPS) is 21.3. The minimum absolute atomic E-state index is 0.0378. The molecule has 5 nitrogen and oxygen atoms in total. The Balaban J connectivity index is 1.67. The number of nitrogens with zero attached hydrogens (tertiary/aromatic N) is 1. The third-order valence-electron chi connectivity index (χ3n) is 4.41. The fourth-order valence-corrected chi connectivity index (χ4v) is 4.73. The largest absolute Gasteiger partial charge is 0.516 e. The second-order valence-electron chi connectivity index (χ2n) is 6.52. The first-order valence-electron chi connectivity index (χ1n) is 8.25. The van der Waals surface area contributed by atoms with Crippen molar-refractivity contribution in [2.45, 2.75) is 36.6 Å². The van der Waals surface area contributed by atoms with Crippen molar-refractivity contribution in [2.24, 2.45) is 5.92 Å². The molecule has 144 valence electrons. The Morgan fingerprint density at radius 1 is 1.19 bits per heavy atom. The summed E-state index contributed by atoms with van der Waals surface area (Å²) in [7, 11) is -5.50. The molecule has 1 saturated carbocycles. The standard InChI is InChI=1S/C16H19F3N2O3S2/c17-16(18,19)26(23,24)20-13-4-2-1-3-12(13)9-21-8-7-14(15(21)22)25-10-11-5-6-11/h1-4,11,14,20H,5-10H2. The van der Waals surface area contributed by atoms with Crippen molar-refractivity contribution in [1.29, 1.82) is 0 Å². The molecule has 1 amide bonds. The summed E-state index contributed by atoms with van der Waals surface area (Å²) in [6.45, 7) is 0.595. The molecule has 1 aliphatic carbocycles. The molecule has 1 aromatic rings. The summed E-state index contributed by atoms with van der Waals surface area (Å²) < 4.78 is 62.1. The number of carbonyl (C=O) groups is 1. The highest BCUT2D eigenvalue weighted by atomic mass is 32.2. The van der Waals surface area contributed by atoms with E-state index < -0.39 is 15.5 Å². The summed E-state index contributed by atoms with van der Waals surface area (Å²) in [5.74, 6) is 1.63. The minimum atomic E-state index is -5.50. The lowest BCUT2D eigenvalue weighted by Crippen LogP contribution is -2.31. The maximum atomic E-state index is 12.6. The van der Waals surface area contributed by atoms with Gasteiger partial charge in [-0.2, -0.15) is 21.6 Å². The second kappa shape index (κ2) is 7.30. The SMILES string of the molecule is O=C1C(SCC2CC2)CCN1Cc1ccccc1NS(=O)(=O)C(F)(F)F. The number of sulfonamides is 1. The molecule has 1 heterocycles. The van der Waals surface area contributed by atoms with Crippen molar-refractivity contribution in [1.82, 2.24) is 4.90 Å². The number of hydrogen-bond donors (Lipinski definition) is 1.